The van der Waals surface area contributed by atoms with Gasteiger partial charge in [0, 0.05) is 150 Å². The Labute approximate surface area is 513 Å². The summed E-state index contributed by atoms with van der Waals surface area (Å²) < 4.78 is 0. The van der Waals surface area contributed by atoms with E-state index in [-0.39, 0.29) is 11.5 Å². The molecule has 438 valence electrons. The predicted octanol–water partition coefficient (Wildman–Crippen LogP) is 12.2. The second-order valence-corrected chi connectivity index (χ2v) is 21.6. The van der Waals surface area contributed by atoms with Crippen LogP contribution in [0.4, 0.5) is 0 Å². The normalized spacial score (nSPS) is 11.7. The van der Waals surface area contributed by atoms with Crippen LogP contribution in [0.2, 0.25) is 0 Å². The van der Waals surface area contributed by atoms with Crippen LogP contribution in [0, 0.1) is 0 Å². The number of nitrogens with zero attached hydrogens (tertiary/aromatic N) is 14. The minimum atomic E-state index is 0.220. The Hall–Kier alpha value is -10.4. The first-order valence-electron chi connectivity index (χ1n) is 29.3. The van der Waals surface area contributed by atoms with Gasteiger partial charge in [-0.2, -0.15) is 0 Å². The van der Waals surface area contributed by atoms with Crippen molar-refractivity contribution in [1.29, 1.82) is 0 Å². The summed E-state index contributed by atoms with van der Waals surface area (Å²) >= 11 is 0. The van der Waals surface area contributed by atoms with E-state index in [0.717, 1.165) is 78.9 Å². The Morgan fingerprint density at radius 1 is 0.250 bits per heavy atom. The molecule has 0 aliphatic rings. The third-order valence-electron chi connectivity index (χ3n) is 14.6. The van der Waals surface area contributed by atoms with Gasteiger partial charge in [0.05, 0.1) is 69.3 Å². The zero-order valence-electron chi connectivity index (χ0n) is 48.9. The molecule has 11 rings (SSSR count). The smallest absolute Gasteiger partial charge is 0.124 e. The lowest BCUT2D eigenvalue weighted by Gasteiger charge is -2.25. The molecule has 0 amide bonds. The van der Waals surface area contributed by atoms with Crippen molar-refractivity contribution in [2.24, 2.45) is 0 Å². The summed E-state index contributed by atoms with van der Waals surface area (Å²) in [5, 5.41) is 24.7. The van der Waals surface area contributed by atoms with Gasteiger partial charge in [0.25, 0.3) is 0 Å². The maximum absolute atomic E-state index is 12.4. The number of benzene rings is 2. The van der Waals surface area contributed by atoms with E-state index in [1.165, 1.54) is 0 Å². The molecule has 0 fully saturated rings. The molecule has 0 radical (unpaired) electrons. The second kappa shape index (κ2) is 30.6. The molecule has 0 unspecified atom stereocenters. The summed E-state index contributed by atoms with van der Waals surface area (Å²) in [6.07, 6.45) is 25.9. The maximum Gasteiger partial charge on any atom is 0.124 e. The van der Waals surface area contributed by atoms with Gasteiger partial charge in [0.15, 0.2) is 0 Å². The first kappa shape index (κ1) is 59.4. The molecule has 9 heterocycles. The molecule has 0 bridgehead atoms. The van der Waals surface area contributed by atoms with E-state index >= 15 is 0 Å². The van der Waals surface area contributed by atoms with Crippen LogP contribution < -0.4 is 0 Å². The van der Waals surface area contributed by atoms with Crippen molar-refractivity contribution in [3.05, 3.63) is 322 Å². The number of phenolic OH excluding ortho intramolecular Hbond substituents is 2. The summed E-state index contributed by atoms with van der Waals surface area (Å²) in [5.41, 5.74) is 13.4. The molecule has 0 aliphatic carbocycles. The van der Waals surface area contributed by atoms with Crippen LogP contribution >= 0.6 is 0 Å². The van der Waals surface area contributed by atoms with Crippen LogP contribution in [-0.4, -0.2) is 79.7 Å². The SMILES string of the molecule is Oc1c(CN(Cc2ccccn2)Cc2ccccn2)cc(/C=C/c2cnc(/C=C/c3cc(CN(Cc4ccccn4)Cc4ccccn4)c(O)c(CN(Cc4ccccn4)Cc4ccccn4)c3)cn2)cc1CN(Cc1ccccn1)Cc1ccccn1. The molecule has 11 aromatic rings. The summed E-state index contributed by atoms with van der Waals surface area (Å²) in [6.45, 7) is 6.00. The lowest BCUT2D eigenvalue weighted by Crippen LogP contribution is -2.25. The van der Waals surface area contributed by atoms with E-state index in [2.05, 4.69) is 59.5 Å². The summed E-state index contributed by atoms with van der Waals surface area (Å²) in [5.74, 6) is 0.440. The molecule has 0 aliphatic heterocycles. The second-order valence-electron chi connectivity index (χ2n) is 21.6. The van der Waals surface area contributed by atoms with Gasteiger partial charge in [0.1, 0.15) is 11.5 Å². The molecule has 9 aromatic heterocycles. The molecule has 2 N–H and O–H groups in total. The number of hydrogen-bond donors (Lipinski definition) is 2. The van der Waals surface area contributed by atoms with Gasteiger partial charge in [-0.1, -0.05) is 60.7 Å². The monoisotopic (exact) mass is 1160 g/mol. The van der Waals surface area contributed by atoms with E-state index < -0.39 is 0 Å². The number of hydrogen-bond acceptors (Lipinski definition) is 16. The number of rotatable bonds is 28. The Kier molecular flexibility index (Phi) is 20.7. The van der Waals surface area contributed by atoms with Crippen molar-refractivity contribution in [3.63, 3.8) is 0 Å². The molecular formula is C72H68N14O2. The summed E-state index contributed by atoms with van der Waals surface area (Å²) in [6, 6.07) is 55.5. The van der Waals surface area contributed by atoms with Gasteiger partial charge in [-0.3, -0.25) is 69.4 Å². The zero-order valence-corrected chi connectivity index (χ0v) is 48.9. The molecule has 0 saturated carbocycles. The molecular weight excluding hydrogens is 1090 g/mol. The Morgan fingerprint density at radius 2 is 0.455 bits per heavy atom. The minimum absolute atomic E-state index is 0.220. The van der Waals surface area contributed by atoms with Crippen molar-refractivity contribution >= 4 is 24.3 Å². The standard InChI is InChI=1S/C72H68N14O2/c87-71-57(43-83(47-63-17-1-9-29-73-63)48-64-18-2-10-30-74-64)37-55(38-58(71)44-84(49-65-19-3-11-31-75-65)50-66-20-4-12-32-76-66)25-27-61-41-82-62(42-81-61)28-26-56-39-59(45-85(51-67-21-5-13-33-77-67)52-68-22-6-14-34-78-68)72(88)60(40-56)46-86(53-69-23-7-15-35-79-69)54-70-24-8-16-36-80-70/h1-42,87-88H,43-54H2/b27-25+,28-26+. The van der Waals surface area contributed by atoms with Gasteiger partial charge >= 0.3 is 0 Å². The third-order valence-corrected chi connectivity index (χ3v) is 14.6. The maximum atomic E-state index is 12.4. The number of aromatic hydroxyl groups is 2. The zero-order chi connectivity index (χ0) is 60.0. The van der Waals surface area contributed by atoms with Gasteiger partial charge < -0.3 is 10.2 Å². The molecule has 2 aromatic carbocycles. The van der Waals surface area contributed by atoms with Crippen LogP contribution in [0.25, 0.3) is 24.3 Å². The average Bonchev–Trinajstić information content (AvgIpc) is 3.68. The van der Waals surface area contributed by atoms with E-state index in [1.54, 1.807) is 62.0 Å². The Morgan fingerprint density at radius 3 is 0.625 bits per heavy atom. The van der Waals surface area contributed by atoms with Crippen molar-refractivity contribution in [2.75, 3.05) is 0 Å². The highest BCUT2D eigenvalue weighted by Crippen LogP contribution is 2.32. The van der Waals surface area contributed by atoms with E-state index in [1.807, 2.05) is 194 Å². The highest BCUT2D eigenvalue weighted by atomic mass is 16.3. The van der Waals surface area contributed by atoms with Crippen LogP contribution in [0.1, 0.15) is 90.3 Å². The molecule has 88 heavy (non-hydrogen) atoms. The first-order valence-corrected chi connectivity index (χ1v) is 29.3. The van der Waals surface area contributed by atoms with Crippen LogP contribution in [0.15, 0.2) is 232 Å². The number of phenols is 2. The third kappa shape index (κ3) is 17.9. The van der Waals surface area contributed by atoms with Crippen LogP contribution in [0.3, 0.4) is 0 Å². The van der Waals surface area contributed by atoms with Gasteiger partial charge in [-0.05, 0) is 145 Å². The van der Waals surface area contributed by atoms with E-state index in [4.69, 9.17) is 9.97 Å². The number of aromatic nitrogens is 10. The highest BCUT2D eigenvalue weighted by molar-refractivity contribution is 5.71. The molecule has 0 saturated heterocycles. The van der Waals surface area contributed by atoms with Crippen molar-refractivity contribution in [2.45, 2.75) is 78.5 Å². The molecule has 0 atom stereocenters. The van der Waals surface area contributed by atoms with Gasteiger partial charge in [-0.25, -0.2) is 0 Å². The minimum Gasteiger partial charge on any atom is -0.507 e. The molecule has 16 heteroatoms. The fraction of sp³-hybridized carbons (Fsp3) is 0.167. The average molecular weight is 1160 g/mol. The Bertz CT molecular complexity index is 3310. The van der Waals surface area contributed by atoms with Crippen LogP contribution in [-0.2, 0) is 78.5 Å². The lowest BCUT2D eigenvalue weighted by atomic mass is 10.0. The quantitative estimate of drug-likeness (QED) is 0.0472. The van der Waals surface area contributed by atoms with Crippen molar-refractivity contribution < 1.29 is 10.2 Å². The van der Waals surface area contributed by atoms with Crippen molar-refractivity contribution in [3.8, 4) is 11.5 Å². The highest BCUT2D eigenvalue weighted by Gasteiger charge is 2.21. The van der Waals surface area contributed by atoms with Crippen LogP contribution in [0.5, 0.6) is 11.5 Å². The van der Waals surface area contributed by atoms with Crippen molar-refractivity contribution in [1.82, 2.24) is 69.4 Å². The van der Waals surface area contributed by atoms with Gasteiger partial charge in [0.2, 0.25) is 0 Å². The summed E-state index contributed by atoms with van der Waals surface area (Å²) in [7, 11) is 0. The van der Waals surface area contributed by atoms with E-state index in [9.17, 15) is 10.2 Å². The van der Waals surface area contributed by atoms with Gasteiger partial charge in [-0.15, -0.1) is 0 Å². The number of pyridine rings is 8. The molecule has 0 spiro atoms. The topological polar surface area (TPSA) is 182 Å². The van der Waals surface area contributed by atoms with E-state index in [0.29, 0.717) is 89.9 Å². The lowest BCUT2D eigenvalue weighted by molar-refractivity contribution is 0.231. The Balaban J connectivity index is 0.892. The first-order chi connectivity index (χ1) is 43.3. The largest absolute Gasteiger partial charge is 0.507 e. The summed E-state index contributed by atoms with van der Waals surface area (Å²) in [4.78, 5) is 56.0. The fourth-order valence-corrected chi connectivity index (χ4v) is 10.5. The fourth-order valence-electron chi connectivity index (χ4n) is 10.5. The predicted molar refractivity (Wildman–Crippen MR) is 342 cm³/mol. The molecule has 16 nitrogen and oxygen atoms in total.